The largest absolute Gasteiger partial charge is 0.275 e. The maximum absolute atomic E-state index is 11.0. The number of thiophene rings is 1. The van der Waals surface area contributed by atoms with Crippen molar-refractivity contribution >= 4 is 49.9 Å². The van der Waals surface area contributed by atoms with Crippen molar-refractivity contribution in [1.29, 1.82) is 5.26 Å². The molecule has 0 amide bonds. The molecule has 5 heteroatoms. The van der Waals surface area contributed by atoms with Gasteiger partial charge in [-0.15, -0.1) is 11.3 Å². The Morgan fingerprint density at radius 3 is 2.80 bits per heavy atom. The average Bonchev–Trinajstić information content (AvgIpc) is 2.55. The molecular weight excluding hydrogens is 253 g/mol. The molecule has 74 valence electrons. The lowest BCUT2D eigenvalue weighted by atomic mass is 10.2. The number of hydrogen-bond acceptors (Lipinski definition) is 3. The van der Waals surface area contributed by atoms with Gasteiger partial charge in [0.1, 0.15) is 4.88 Å². The van der Waals surface area contributed by atoms with Crippen LogP contribution in [0.15, 0.2) is 18.2 Å². The summed E-state index contributed by atoms with van der Waals surface area (Å²) in [7, 11) is 0. The highest BCUT2D eigenvalue weighted by molar-refractivity contribution is 7.23. The van der Waals surface area contributed by atoms with Crippen molar-refractivity contribution < 1.29 is 4.79 Å². The van der Waals surface area contributed by atoms with Gasteiger partial charge in [-0.25, -0.2) is 0 Å². The van der Waals surface area contributed by atoms with Crippen molar-refractivity contribution in [3.05, 3.63) is 33.7 Å². The zero-order chi connectivity index (χ0) is 11.0. The van der Waals surface area contributed by atoms with Gasteiger partial charge in [-0.1, -0.05) is 17.7 Å². The zero-order valence-corrected chi connectivity index (χ0v) is 9.58. The predicted octanol–water partition coefficient (Wildman–Crippen LogP) is 3.81. The minimum atomic E-state index is -0.570. The van der Waals surface area contributed by atoms with Gasteiger partial charge in [0.05, 0.1) is 16.7 Å². The highest BCUT2D eigenvalue weighted by Crippen LogP contribution is 2.36. The number of carbonyl (C=O) groups is 1. The van der Waals surface area contributed by atoms with Crippen LogP contribution in [-0.2, 0) is 0 Å². The third-order valence-corrected chi connectivity index (χ3v) is 3.89. The number of carbonyl (C=O) groups excluding carboxylic acids is 1. The maximum atomic E-state index is 11.0. The molecule has 1 aromatic carbocycles. The molecule has 0 aliphatic heterocycles. The highest BCUT2D eigenvalue weighted by atomic mass is 35.5. The molecule has 0 aliphatic carbocycles. The van der Waals surface area contributed by atoms with E-state index in [1.165, 1.54) is 11.3 Å². The molecule has 2 nitrogen and oxygen atoms in total. The van der Waals surface area contributed by atoms with Crippen LogP contribution in [0.25, 0.3) is 10.1 Å². The van der Waals surface area contributed by atoms with Crippen LogP contribution in [0.1, 0.15) is 15.2 Å². The monoisotopic (exact) mass is 255 g/mol. The van der Waals surface area contributed by atoms with Crippen LogP contribution in [0.3, 0.4) is 0 Å². The van der Waals surface area contributed by atoms with Gasteiger partial charge in [-0.2, -0.15) is 5.26 Å². The number of hydrogen-bond donors (Lipinski definition) is 0. The topological polar surface area (TPSA) is 40.9 Å². The number of halogens is 2. The second-order valence-corrected chi connectivity index (χ2v) is 4.62. The fourth-order valence-corrected chi connectivity index (χ4v) is 2.91. The summed E-state index contributed by atoms with van der Waals surface area (Å²) in [6.07, 6.45) is 0. The van der Waals surface area contributed by atoms with Crippen LogP contribution in [0.2, 0.25) is 5.02 Å². The van der Waals surface area contributed by atoms with E-state index >= 15 is 0 Å². The lowest BCUT2D eigenvalue weighted by Crippen LogP contribution is -1.81. The van der Waals surface area contributed by atoms with Crippen LogP contribution < -0.4 is 0 Å². The maximum Gasteiger partial charge on any atom is 0.263 e. The second kappa shape index (κ2) is 3.82. The first-order valence-electron chi connectivity index (χ1n) is 3.95. The Bertz CT molecular complexity index is 597. The van der Waals surface area contributed by atoms with E-state index in [4.69, 9.17) is 28.5 Å². The Kier molecular flexibility index (Phi) is 2.66. The summed E-state index contributed by atoms with van der Waals surface area (Å²) in [5.41, 5.74) is 0.536. The van der Waals surface area contributed by atoms with E-state index in [0.717, 1.165) is 10.1 Å². The number of nitriles is 1. The molecule has 1 aromatic heterocycles. The molecule has 0 N–H and O–H groups in total. The van der Waals surface area contributed by atoms with E-state index in [1.54, 1.807) is 18.2 Å². The minimum absolute atomic E-state index is 0.323. The minimum Gasteiger partial charge on any atom is -0.275 e. The number of benzene rings is 1. The summed E-state index contributed by atoms with van der Waals surface area (Å²) >= 11 is 12.5. The molecule has 0 bridgehead atoms. The Hall–Kier alpha value is -1.08. The van der Waals surface area contributed by atoms with E-state index in [-0.39, 0.29) is 0 Å². The molecular formula is C10H3Cl2NOS. The summed E-state index contributed by atoms with van der Waals surface area (Å²) in [4.78, 5) is 11.3. The first kappa shape index (κ1) is 10.4. The quantitative estimate of drug-likeness (QED) is 0.728. The summed E-state index contributed by atoms with van der Waals surface area (Å²) < 4.78 is 0.794. The first-order valence-corrected chi connectivity index (χ1v) is 5.52. The fraction of sp³-hybridized carbons (Fsp3) is 0. The third kappa shape index (κ3) is 1.72. The van der Waals surface area contributed by atoms with E-state index < -0.39 is 5.24 Å². The molecule has 0 radical (unpaired) electrons. The molecule has 0 saturated heterocycles. The van der Waals surface area contributed by atoms with Crippen LogP contribution in [0, 0.1) is 11.3 Å². The van der Waals surface area contributed by atoms with Crippen LogP contribution in [-0.4, -0.2) is 5.24 Å². The number of rotatable bonds is 1. The lowest BCUT2D eigenvalue weighted by molar-refractivity contribution is 0.108. The van der Waals surface area contributed by atoms with Gasteiger partial charge in [0.25, 0.3) is 5.24 Å². The third-order valence-electron chi connectivity index (χ3n) is 1.94. The fourth-order valence-electron chi connectivity index (χ4n) is 1.26. The van der Waals surface area contributed by atoms with Crippen molar-refractivity contribution in [3.8, 4) is 6.07 Å². The normalized spacial score (nSPS) is 10.2. The van der Waals surface area contributed by atoms with Gasteiger partial charge in [-0.3, -0.25) is 4.79 Å². The Morgan fingerprint density at radius 1 is 1.47 bits per heavy atom. The average molecular weight is 256 g/mol. The van der Waals surface area contributed by atoms with Crippen LogP contribution in [0.5, 0.6) is 0 Å². The SMILES string of the molecule is N#Cc1ccc2c(Cl)c(C(=O)Cl)sc2c1. The summed E-state index contributed by atoms with van der Waals surface area (Å²) in [6, 6.07) is 7.09. The number of nitrogens with zero attached hydrogens (tertiary/aromatic N) is 1. The summed E-state index contributed by atoms with van der Waals surface area (Å²) in [5.74, 6) is 0. The van der Waals surface area contributed by atoms with Gasteiger partial charge in [0, 0.05) is 10.1 Å². The Labute approximate surface area is 99.6 Å². The molecule has 0 saturated carbocycles. The van der Waals surface area contributed by atoms with Crippen molar-refractivity contribution in [2.45, 2.75) is 0 Å². The lowest BCUT2D eigenvalue weighted by Gasteiger charge is -1.90. The van der Waals surface area contributed by atoms with Gasteiger partial charge in [-0.05, 0) is 23.7 Å². The van der Waals surface area contributed by atoms with Crippen molar-refractivity contribution in [2.24, 2.45) is 0 Å². The zero-order valence-electron chi connectivity index (χ0n) is 7.25. The smallest absolute Gasteiger partial charge is 0.263 e. The van der Waals surface area contributed by atoms with E-state index in [9.17, 15) is 4.79 Å². The molecule has 0 aliphatic rings. The molecule has 2 rings (SSSR count). The van der Waals surface area contributed by atoms with Crippen molar-refractivity contribution in [2.75, 3.05) is 0 Å². The molecule has 0 unspecified atom stereocenters. The molecule has 0 fully saturated rings. The number of fused-ring (bicyclic) bond motifs is 1. The Balaban J connectivity index is 2.77. The van der Waals surface area contributed by atoms with Crippen LogP contribution in [0.4, 0.5) is 0 Å². The van der Waals surface area contributed by atoms with E-state index in [1.807, 2.05) is 6.07 Å². The van der Waals surface area contributed by atoms with Gasteiger partial charge >= 0.3 is 0 Å². The summed E-state index contributed by atoms with van der Waals surface area (Å²) in [5, 5.41) is 9.26. The second-order valence-electron chi connectivity index (χ2n) is 2.84. The van der Waals surface area contributed by atoms with Crippen LogP contribution >= 0.6 is 34.5 Å². The van der Waals surface area contributed by atoms with Gasteiger partial charge < -0.3 is 0 Å². The summed E-state index contributed by atoms with van der Waals surface area (Å²) in [6.45, 7) is 0. The molecule has 1 heterocycles. The molecule has 0 spiro atoms. The van der Waals surface area contributed by atoms with Gasteiger partial charge in [0.2, 0.25) is 0 Å². The van der Waals surface area contributed by atoms with E-state index in [0.29, 0.717) is 15.5 Å². The first-order chi connectivity index (χ1) is 7.13. The highest BCUT2D eigenvalue weighted by Gasteiger charge is 2.15. The predicted molar refractivity (Wildman–Crippen MR) is 61.7 cm³/mol. The van der Waals surface area contributed by atoms with E-state index in [2.05, 4.69) is 0 Å². The standard InChI is InChI=1S/C10H3Cl2NOS/c11-8-6-2-1-5(4-13)3-7(6)15-9(8)10(12)14/h1-3H. The van der Waals surface area contributed by atoms with Crippen molar-refractivity contribution in [3.63, 3.8) is 0 Å². The van der Waals surface area contributed by atoms with Crippen molar-refractivity contribution in [1.82, 2.24) is 0 Å². The Morgan fingerprint density at radius 2 is 2.20 bits per heavy atom. The van der Waals surface area contributed by atoms with Gasteiger partial charge in [0.15, 0.2) is 0 Å². The molecule has 0 atom stereocenters. The molecule has 15 heavy (non-hydrogen) atoms. The molecule has 2 aromatic rings.